The first-order valence-electron chi connectivity index (χ1n) is 15.5. The van der Waals surface area contributed by atoms with Crippen molar-refractivity contribution < 1.29 is 29.3 Å². The lowest BCUT2D eigenvalue weighted by atomic mass is 9.88. The van der Waals surface area contributed by atoms with Crippen molar-refractivity contribution >= 4 is 25.9 Å². The Bertz CT molecular complexity index is 733. The topological polar surface area (TPSA) is 96.2 Å². The maximum atomic E-state index is 10.8. The molecule has 2 rings (SSSR count). The number of unbranched alkanes of at least 4 members (excludes halogenated alkanes) is 3. The minimum atomic E-state index is -2.21. The number of carbonyl (C=O) groups is 1. The van der Waals surface area contributed by atoms with Gasteiger partial charge in [0, 0.05) is 24.3 Å². The molecular formula is C31H57ClO6Si. The first-order chi connectivity index (χ1) is 18.3. The van der Waals surface area contributed by atoms with E-state index in [1.807, 2.05) is 19.2 Å². The van der Waals surface area contributed by atoms with Gasteiger partial charge in [0.2, 0.25) is 0 Å². The first-order valence-corrected chi connectivity index (χ1v) is 18.9. The van der Waals surface area contributed by atoms with Crippen LogP contribution in [0.2, 0.25) is 18.1 Å². The van der Waals surface area contributed by atoms with Gasteiger partial charge in [-0.25, -0.2) is 0 Å². The first kappa shape index (κ1) is 34.8. The second-order valence-electron chi connectivity index (χ2n) is 13.4. The molecule has 2 fully saturated rings. The number of rotatable bonds is 18. The number of ether oxygens (including phenoxy) is 2. The lowest BCUT2D eigenvalue weighted by Gasteiger charge is -2.37. The lowest BCUT2D eigenvalue weighted by molar-refractivity contribution is -0.192. The minimum Gasteiger partial charge on any atom is -0.481 e. The molecule has 0 spiro atoms. The van der Waals surface area contributed by atoms with Gasteiger partial charge in [0.25, 0.3) is 0 Å². The van der Waals surface area contributed by atoms with Crippen LogP contribution in [-0.2, 0) is 14.3 Å². The summed E-state index contributed by atoms with van der Waals surface area (Å²) >= 11 is 6.88. The summed E-state index contributed by atoms with van der Waals surface area (Å²) in [6, 6.07) is 0. The van der Waals surface area contributed by atoms with E-state index in [-0.39, 0.29) is 41.1 Å². The third-order valence-corrected chi connectivity index (χ3v) is 13.3. The molecule has 39 heavy (non-hydrogen) atoms. The van der Waals surface area contributed by atoms with Crippen molar-refractivity contribution in [3.8, 4) is 0 Å². The van der Waals surface area contributed by atoms with Crippen LogP contribution in [-0.4, -0.2) is 59.8 Å². The Hall–Kier alpha value is -0.443. The van der Waals surface area contributed by atoms with Gasteiger partial charge in [-0.3, -0.25) is 4.79 Å². The summed E-state index contributed by atoms with van der Waals surface area (Å²) in [6.45, 7) is 11.4. The van der Waals surface area contributed by atoms with Crippen LogP contribution in [0.25, 0.3) is 0 Å². The van der Waals surface area contributed by atoms with E-state index >= 15 is 0 Å². The molecular weight excluding hydrogens is 532 g/mol. The number of aliphatic carboxylic acids is 1. The molecule has 0 aromatic heterocycles. The summed E-state index contributed by atoms with van der Waals surface area (Å²) in [7, 11) is -2.21. The smallest absolute Gasteiger partial charge is 0.303 e. The molecule has 3 N–H and O–H groups in total. The average molecular weight is 589 g/mol. The molecule has 6 nitrogen and oxygen atoms in total. The molecule has 1 unspecified atom stereocenters. The number of carboxylic acid groups (broad SMARTS) is 1. The van der Waals surface area contributed by atoms with Crippen LogP contribution < -0.4 is 0 Å². The van der Waals surface area contributed by atoms with Crippen LogP contribution in [0.1, 0.15) is 111 Å². The van der Waals surface area contributed by atoms with Crippen LogP contribution in [0.15, 0.2) is 12.2 Å². The molecule has 8 heteroatoms. The summed E-state index contributed by atoms with van der Waals surface area (Å²) in [5.41, 5.74) is 0. The quantitative estimate of drug-likeness (QED) is 0.0658. The molecule has 1 aliphatic carbocycles. The zero-order chi connectivity index (χ0) is 29.1. The van der Waals surface area contributed by atoms with E-state index in [1.165, 1.54) is 0 Å². The van der Waals surface area contributed by atoms with Crippen molar-refractivity contribution in [2.75, 3.05) is 6.61 Å². The van der Waals surface area contributed by atoms with E-state index in [0.29, 0.717) is 5.92 Å². The Labute approximate surface area is 244 Å². The molecule has 0 aromatic rings. The lowest BCUT2D eigenvalue weighted by Crippen LogP contribution is -2.39. The predicted molar refractivity (Wildman–Crippen MR) is 162 cm³/mol. The largest absolute Gasteiger partial charge is 0.481 e. The number of alkyl halides is 1. The third kappa shape index (κ3) is 12.5. The number of aliphatic hydroxyl groups is 1. The number of carboxylic acids is 1. The summed E-state index contributed by atoms with van der Waals surface area (Å²) in [5, 5.41) is 19.7. The highest BCUT2D eigenvalue weighted by Gasteiger charge is 2.42. The van der Waals surface area contributed by atoms with Gasteiger partial charge < -0.3 is 24.5 Å². The molecule has 0 radical (unpaired) electrons. The molecule has 0 aromatic carbocycles. The van der Waals surface area contributed by atoms with Crippen LogP contribution >= 0.6 is 11.6 Å². The summed E-state index contributed by atoms with van der Waals surface area (Å²) in [4.78, 5) is 21.4. The van der Waals surface area contributed by atoms with Crippen LogP contribution in [0.4, 0.5) is 0 Å². The maximum absolute atomic E-state index is 10.8. The van der Waals surface area contributed by atoms with Gasteiger partial charge in [0.1, 0.15) is 0 Å². The Morgan fingerprint density at radius 1 is 1.15 bits per heavy atom. The fourth-order valence-electron chi connectivity index (χ4n) is 6.13. The van der Waals surface area contributed by atoms with Gasteiger partial charge in [-0.15, -0.1) is 11.6 Å². The Balaban J connectivity index is 1.90. The van der Waals surface area contributed by atoms with E-state index in [0.717, 1.165) is 90.1 Å². The van der Waals surface area contributed by atoms with Crippen molar-refractivity contribution in [2.24, 2.45) is 17.8 Å². The fraction of sp³-hybridized carbons (Fsp3) is 0.903. The number of hydrogen-bond acceptors (Lipinski definition) is 5. The van der Waals surface area contributed by atoms with E-state index in [1.54, 1.807) is 0 Å². The normalized spacial score (nSPS) is 28.2. The van der Waals surface area contributed by atoms with Crippen molar-refractivity contribution in [2.45, 2.75) is 153 Å². The molecule has 0 bridgehead atoms. The van der Waals surface area contributed by atoms with E-state index < -0.39 is 20.4 Å². The fourth-order valence-corrected chi connectivity index (χ4v) is 7.45. The minimum absolute atomic E-state index is 0.00989. The number of aliphatic hydroxyl groups excluding tert-OH is 1. The van der Waals surface area contributed by atoms with Crippen LogP contribution in [0, 0.1) is 17.8 Å². The van der Waals surface area contributed by atoms with E-state index in [9.17, 15) is 14.7 Å². The van der Waals surface area contributed by atoms with Crippen LogP contribution in [0.5, 0.6) is 0 Å². The van der Waals surface area contributed by atoms with Crippen molar-refractivity contribution in [1.29, 1.82) is 0 Å². The Morgan fingerprint density at radius 3 is 2.51 bits per heavy atom. The highest BCUT2D eigenvalue weighted by molar-refractivity contribution is 6.72. The second-order valence-corrected chi connectivity index (χ2v) is 18.5. The summed E-state index contributed by atoms with van der Waals surface area (Å²) < 4.78 is 12.3. The molecule has 228 valence electrons. The molecule has 2 aliphatic rings. The maximum Gasteiger partial charge on any atom is 0.303 e. The van der Waals surface area contributed by atoms with Gasteiger partial charge in [-0.05, 0) is 81.3 Å². The zero-order valence-electron chi connectivity index (χ0n) is 25.2. The second kappa shape index (κ2) is 16.9. The van der Waals surface area contributed by atoms with Crippen LogP contribution in [0.3, 0.4) is 0 Å². The summed E-state index contributed by atoms with van der Waals surface area (Å²) in [5.74, 6) is 0.198. The third-order valence-electron chi connectivity index (χ3n) is 9.26. The number of hydrogen-bond donors (Lipinski definition) is 3. The summed E-state index contributed by atoms with van der Waals surface area (Å²) in [6.07, 6.45) is 16.0. The van der Waals surface area contributed by atoms with E-state index in [2.05, 4.69) is 26.8 Å². The number of halogens is 1. The standard InChI is InChI=1S/C31H57ClO6Si/c1-23(22-31(2,3)39(4,5)36)13-12-14-24(33)18-19-26-25(15-8-6-7-9-16-29(34)35)27(32)21-28(26)38-30-17-10-11-20-37-30/h18-19,23-28,30,33,36H,6-17,20-22H2,1-5H3,(H,34,35)/b19-18+/t23-,24+,25-,26-,27-,28-,30?/m1/s1. The molecule has 7 atom stereocenters. The molecule has 0 amide bonds. The predicted octanol–water partition coefficient (Wildman–Crippen LogP) is 7.66. The molecule has 1 saturated carbocycles. The Kier molecular flexibility index (Phi) is 15.0. The van der Waals surface area contributed by atoms with Gasteiger partial charge >= 0.3 is 5.97 Å². The van der Waals surface area contributed by atoms with Crippen molar-refractivity contribution in [1.82, 2.24) is 0 Å². The highest BCUT2D eigenvalue weighted by Crippen LogP contribution is 2.44. The average Bonchev–Trinajstić information content (AvgIpc) is 3.12. The zero-order valence-corrected chi connectivity index (χ0v) is 27.0. The molecule has 1 aliphatic heterocycles. The van der Waals surface area contributed by atoms with Crippen molar-refractivity contribution in [3.05, 3.63) is 12.2 Å². The Morgan fingerprint density at radius 2 is 1.87 bits per heavy atom. The van der Waals surface area contributed by atoms with Gasteiger partial charge in [-0.1, -0.05) is 65.0 Å². The van der Waals surface area contributed by atoms with E-state index in [4.69, 9.17) is 26.2 Å². The van der Waals surface area contributed by atoms with Crippen molar-refractivity contribution in [3.63, 3.8) is 0 Å². The molecule has 1 heterocycles. The highest BCUT2D eigenvalue weighted by atomic mass is 35.5. The monoisotopic (exact) mass is 588 g/mol. The SMILES string of the molecule is C[C@H](CCC[C@H](O)/C=C/[C@@H]1[C@@H](CCCCCCC(=O)O)[C@H](Cl)C[C@H]1OC1CCCCO1)CC(C)(C)[Si](C)(C)O. The van der Waals surface area contributed by atoms with Gasteiger partial charge in [0.05, 0.1) is 12.2 Å². The molecule has 1 saturated heterocycles. The van der Waals surface area contributed by atoms with Gasteiger partial charge in [0.15, 0.2) is 14.6 Å². The van der Waals surface area contributed by atoms with Gasteiger partial charge in [-0.2, -0.15) is 0 Å².